The van der Waals surface area contributed by atoms with E-state index >= 15 is 0 Å². The first-order valence-electron chi connectivity index (χ1n) is 11.5. The van der Waals surface area contributed by atoms with Gasteiger partial charge in [-0.05, 0) is 44.1 Å². The molecular formula is C23H28N6O2S. The quantitative estimate of drug-likeness (QED) is 0.594. The lowest BCUT2D eigenvalue weighted by atomic mass is 10.1. The largest absolute Gasteiger partial charge is 0.342 e. The molecule has 0 bridgehead atoms. The number of aromatic nitrogens is 4. The van der Waals surface area contributed by atoms with Crippen LogP contribution < -0.4 is 0 Å². The van der Waals surface area contributed by atoms with Gasteiger partial charge in [-0.2, -0.15) is 9.61 Å². The molecule has 9 heteroatoms. The standard InChI is InChI=1S/C23H28N6O2S/c30-20(27-11-3-1-4-12-27)15-17-7-9-18(10-8-17)22-26-29-19(24-25-23(29)32-22)16-21(31)28-13-5-2-6-14-28/h7-10H,1-6,11-16H2. The summed E-state index contributed by atoms with van der Waals surface area (Å²) < 4.78 is 1.69. The van der Waals surface area contributed by atoms with Crippen molar-refractivity contribution in [2.24, 2.45) is 0 Å². The molecular weight excluding hydrogens is 424 g/mol. The lowest BCUT2D eigenvalue weighted by Gasteiger charge is -2.26. The maximum Gasteiger partial charge on any atom is 0.234 e. The molecule has 2 aliphatic rings. The van der Waals surface area contributed by atoms with Gasteiger partial charge in [-0.3, -0.25) is 9.59 Å². The van der Waals surface area contributed by atoms with Crippen LogP contribution in [0.25, 0.3) is 15.5 Å². The van der Waals surface area contributed by atoms with Crippen LogP contribution in [-0.4, -0.2) is 67.6 Å². The summed E-state index contributed by atoms with van der Waals surface area (Å²) in [6.07, 6.45) is 7.44. The number of likely N-dealkylation sites (tertiary alicyclic amines) is 2. The van der Waals surface area contributed by atoms with Gasteiger partial charge in [-0.25, -0.2) is 0 Å². The minimum atomic E-state index is 0.0938. The van der Waals surface area contributed by atoms with Crippen LogP contribution in [0.2, 0.25) is 0 Å². The second-order valence-corrected chi connectivity index (χ2v) is 9.61. The molecule has 3 aromatic rings. The van der Waals surface area contributed by atoms with E-state index in [9.17, 15) is 9.59 Å². The summed E-state index contributed by atoms with van der Waals surface area (Å²) in [4.78, 5) is 29.7. The third-order valence-electron chi connectivity index (χ3n) is 6.34. The zero-order chi connectivity index (χ0) is 21.9. The monoisotopic (exact) mass is 452 g/mol. The van der Waals surface area contributed by atoms with E-state index in [2.05, 4.69) is 15.3 Å². The predicted octanol–water partition coefficient (Wildman–Crippen LogP) is 2.96. The molecule has 2 saturated heterocycles. The van der Waals surface area contributed by atoms with E-state index in [-0.39, 0.29) is 18.2 Å². The Morgan fingerprint density at radius 2 is 1.38 bits per heavy atom. The first-order chi connectivity index (χ1) is 15.7. The van der Waals surface area contributed by atoms with Crippen molar-refractivity contribution in [1.29, 1.82) is 0 Å². The van der Waals surface area contributed by atoms with Gasteiger partial charge in [0.2, 0.25) is 16.8 Å². The molecule has 0 spiro atoms. The molecule has 0 N–H and O–H groups in total. The maximum atomic E-state index is 12.6. The number of carbonyl (C=O) groups excluding carboxylic acids is 2. The Morgan fingerprint density at radius 1 is 0.781 bits per heavy atom. The van der Waals surface area contributed by atoms with Gasteiger partial charge in [0.05, 0.1) is 12.8 Å². The van der Waals surface area contributed by atoms with Crippen molar-refractivity contribution in [3.8, 4) is 10.6 Å². The van der Waals surface area contributed by atoms with Gasteiger partial charge >= 0.3 is 0 Å². The van der Waals surface area contributed by atoms with E-state index in [1.54, 1.807) is 4.52 Å². The Hall–Kier alpha value is -2.81. The molecule has 8 nitrogen and oxygen atoms in total. The highest BCUT2D eigenvalue weighted by atomic mass is 32.1. The fourth-order valence-electron chi connectivity index (χ4n) is 4.47. The lowest BCUT2D eigenvalue weighted by molar-refractivity contribution is -0.132. The molecule has 0 unspecified atom stereocenters. The van der Waals surface area contributed by atoms with E-state index in [1.165, 1.54) is 24.2 Å². The van der Waals surface area contributed by atoms with E-state index < -0.39 is 0 Å². The van der Waals surface area contributed by atoms with E-state index in [0.717, 1.165) is 68.0 Å². The summed E-state index contributed by atoms with van der Waals surface area (Å²) in [7, 11) is 0. The van der Waals surface area contributed by atoms with Crippen molar-refractivity contribution in [3.05, 3.63) is 35.7 Å². The summed E-state index contributed by atoms with van der Waals surface area (Å²) in [5.41, 5.74) is 1.99. The van der Waals surface area contributed by atoms with Gasteiger partial charge in [0.15, 0.2) is 5.82 Å². The summed E-state index contributed by atoms with van der Waals surface area (Å²) in [5, 5.41) is 13.9. The number of fused-ring (bicyclic) bond motifs is 1. The minimum Gasteiger partial charge on any atom is -0.342 e. The number of carbonyl (C=O) groups is 2. The number of piperidine rings is 2. The average Bonchev–Trinajstić information content (AvgIpc) is 3.42. The van der Waals surface area contributed by atoms with Gasteiger partial charge in [-0.1, -0.05) is 35.6 Å². The van der Waals surface area contributed by atoms with Crippen LogP contribution in [0.3, 0.4) is 0 Å². The van der Waals surface area contributed by atoms with Crippen molar-refractivity contribution in [2.75, 3.05) is 26.2 Å². The highest BCUT2D eigenvalue weighted by Gasteiger charge is 2.21. The first kappa shape index (κ1) is 21.1. The van der Waals surface area contributed by atoms with Crippen LogP contribution in [-0.2, 0) is 22.4 Å². The SMILES string of the molecule is O=C(Cc1ccc(-c2nn3c(CC(=O)N4CCCCC4)nnc3s2)cc1)N1CCCCC1. The second kappa shape index (κ2) is 9.36. The van der Waals surface area contributed by atoms with Gasteiger partial charge in [0.25, 0.3) is 0 Å². The normalized spacial score (nSPS) is 17.1. The molecule has 2 aromatic heterocycles. The molecule has 32 heavy (non-hydrogen) atoms. The van der Waals surface area contributed by atoms with Crippen LogP contribution in [0.15, 0.2) is 24.3 Å². The van der Waals surface area contributed by atoms with Crippen molar-refractivity contribution in [1.82, 2.24) is 29.6 Å². The number of amides is 2. The Bertz CT molecular complexity index is 1090. The van der Waals surface area contributed by atoms with Crippen LogP contribution in [0.1, 0.15) is 49.9 Å². The Balaban J connectivity index is 1.26. The number of hydrogen-bond acceptors (Lipinski definition) is 6. The van der Waals surface area contributed by atoms with Crippen LogP contribution >= 0.6 is 11.3 Å². The summed E-state index contributed by atoms with van der Waals surface area (Å²) in [5.74, 6) is 0.886. The zero-order valence-corrected chi connectivity index (χ0v) is 19.0. The van der Waals surface area contributed by atoms with Gasteiger partial charge < -0.3 is 9.80 Å². The molecule has 0 radical (unpaired) electrons. The van der Waals surface area contributed by atoms with Crippen LogP contribution in [0, 0.1) is 0 Å². The molecule has 1 aromatic carbocycles. The molecule has 2 amide bonds. The Kier molecular flexibility index (Phi) is 6.16. The van der Waals surface area contributed by atoms with Crippen molar-refractivity contribution in [3.63, 3.8) is 0 Å². The van der Waals surface area contributed by atoms with Crippen LogP contribution in [0.4, 0.5) is 0 Å². The van der Waals surface area contributed by atoms with E-state index in [4.69, 9.17) is 0 Å². The fourth-order valence-corrected chi connectivity index (χ4v) is 5.33. The highest BCUT2D eigenvalue weighted by Crippen LogP contribution is 2.26. The van der Waals surface area contributed by atoms with Crippen molar-refractivity contribution in [2.45, 2.75) is 51.4 Å². The second-order valence-electron chi connectivity index (χ2n) is 8.65. The maximum absolute atomic E-state index is 12.6. The third kappa shape index (κ3) is 4.53. The fraction of sp³-hybridized carbons (Fsp3) is 0.522. The Morgan fingerprint density at radius 3 is 2.00 bits per heavy atom. The molecule has 2 aliphatic heterocycles. The van der Waals surface area contributed by atoms with Gasteiger partial charge in [0.1, 0.15) is 5.01 Å². The third-order valence-corrected chi connectivity index (χ3v) is 7.29. The molecule has 2 fully saturated rings. The summed E-state index contributed by atoms with van der Waals surface area (Å²) in [6.45, 7) is 3.42. The molecule has 4 heterocycles. The molecule has 168 valence electrons. The van der Waals surface area contributed by atoms with Gasteiger partial charge in [-0.15, -0.1) is 10.2 Å². The summed E-state index contributed by atoms with van der Waals surface area (Å²) in [6, 6.07) is 8.01. The van der Waals surface area contributed by atoms with Crippen molar-refractivity contribution >= 4 is 28.1 Å². The van der Waals surface area contributed by atoms with E-state index in [0.29, 0.717) is 17.2 Å². The number of hydrogen-bond donors (Lipinski definition) is 0. The number of benzene rings is 1. The molecule has 0 saturated carbocycles. The first-order valence-corrected chi connectivity index (χ1v) is 12.3. The molecule has 0 aliphatic carbocycles. The number of nitrogens with zero attached hydrogens (tertiary/aromatic N) is 6. The number of rotatable bonds is 5. The zero-order valence-electron chi connectivity index (χ0n) is 18.2. The summed E-state index contributed by atoms with van der Waals surface area (Å²) >= 11 is 1.45. The predicted molar refractivity (Wildman–Crippen MR) is 122 cm³/mol. The Labute approximate surface area is 191 Å². The average molecular weight is 453 g/mol. The topological polar surface area (TPSA) is 83.7 Å². The van der Waals surface area contributed by atoms with Crippen molar-refractivity contribution < 1.29 is 9.59 Å². The van der Waals surface area contributed by atoms with E-state index in [1.807, 2.05) is 34.1 Å². The lowest BCUT2D eigenvalue weighted by Crippen LogP contribution is -2.37. The molecule has 5 rings (SSSR count). The smallest absolute Gasteiger partial charge is 0.234 e. The van der Waals surface area contributed by atoms with Crippen LogP contribution in [0.5, 0.6) is 0 Å². The highest BCUT2D eigenvalue weighted by molar-refractivity contribution is 7.19. The van der Waals surface area contributed by atoms with Gasteiger partial charge in [0, 0.05) is 31.7 Å². The molecule has 0 atom stereocenters. The minimum absolute atomic E-state index is 0.0938.